The molecule has 0 aliphatic heterocycles. The van der Waals surface area contributed by atoms with Gasteiger partial charge in [-0.15, -0.1) is 0 Å². The third-order valence-corrected chi connectivity index (χ3v) is 5.29. The van der Waals surface area contributed by atoms with Gasteiger partial charge in [-0.3, -0.25) is 4.79 Å². The molecule has 4 rings (SSSR count). The van der Waals surface area contributed by atoms with E-state index in [2.05, 4.69) is 5.32 Å². The molecule has 0 radical (unpaired) electrons. The quantitative estimate of drug-likeness (QED) is 0.662. The van der Waals surface area contributed by atoms with E-state index in [0.29, 0.717) is 28.8 Å². The number of hydrogen-bond donors (Lipinski definition) is 2. The molecule has 1 heterocycles. The fourth-order valence-corrected chi connectivity index (χ4v) is 3.42. The molecule has 1 fully saturated rings. The highest BCUT2D eigenvalue weighted by molar-refractivity contribution is 6.05. The number of benzene rings is 2. The molecule has 6 nitrogen and oxygen atoms in total. The molecule has 0 saturated heterocycles. The number of hydrogen-bond acceptors (Lipinski definition) is 5. The lowest BCUT2D eigenvalue weighted by Crippen LogP contribution is -2.21. The van der Waals surface area contributed by atoms with Crippen LogP contribution in [0.1, 0.15) is 41.3 Å². The molecule has 2 aromatic carbocycles. The van der Waals surface area contributed by atoms with Crippen molar-refractivity contribution in [3.8, 4) is 5.75 Å². The van der Waals surface area contributed by atoms with Gasteiger partial charge < -0.3 is 20.2 Å². The maximum absolute atomic E-state index is 12.6. The van der Waals surface area contributed by atoms with Gasteiger partial charge in [-0.05, 0) is 55.2 Å². The van der Waals surface area contributed by atoms with Gasteiger partial charge in [0.2, 0.25) is 0 Å². The Balaban J connectivity index is 1.64. The van der Waals surface area contributed by atoms with Gasteiger partial charge in [0, 0.05) is 22.2 Å². The Labute approximate surface area is 162 Å². The molecule has 0 bridgehead atoms. The van der Waals surface area contributed by atoms with Crippen molar-refractivity contribution in [2.45, 2.75) is 31.7 Å². The van der Waals surface area contributed by atoms with Crippen LogP contribution in [-0.4, -0.2) is 13.0 Å². The molecule has 28 heavy (non-hydrogen) atoms. The van der Waals surface area contributed by atoms with Gasteiger partial charge in [0.25, 0.3) is 5.91 Å². The van der Waals surface area contributed by atoms with Crippen LogP contribution in [0.4, 0.5) is 5.69 Å². The number of carbonyl (C=O) groups excluding carboxylic acids is 1. The number of nitrogens with one attached hydrogen (secondary N) is 1. The molecule has 0 spiro atoms. The van der Waals surface area contributed by atoms with Crippen LogP contribution in [0.15, 0.2) is 51.7 Å². The largest absolute Gasteiger partial charge is 0.496 e. The van der Waals surface area contributed by atoms with Crippen LogP contribution < -0.4 is 21.4 Å². The highest BCUT2D eigenvalue weighted by Crippen LogP contribution is 2.42. The lowest BCUT2D eigenvalue weighted by Gasteiger charge is -2.11. The predicted molar refractivity (Wildman–Crippen MR) is 108 cm³/mol. The maximum Gasteiger partial charge on any atom is 0.349 e. The maximum atomic E-state index is 12.6. The zero-order chi connectivity index (χ0) is 19.9. The molecule has 0 atom stereocenters. The van der Waals surface area contributed by atoms with Crippen LogP contribution in [0.25, 0.3) is 11.0 Å². The molecule has 1 saturated carbocycles. The zero-order valence-electron chi connectivity index (χ0n) is 15.9. The van der Waals surface area contributed by atoms with E-state index >= 15 is 0 Å². The van der Waals surface area contributed by atoms with Crippen LogP contribution in [0.3, 0.4) is 0 Å². The average Bonchev–Trinajstić information content (AvgIpc) is 3.45. The summed E-state index contributed by atoms with van der Waals surface area (Å²) in [4.78, 5) is 25.1. The third-order valence-electron chi connectivity index (χ3n) is 5.29. The van der Waals surface area contributed by atoms with Crippen molar-refractivity contribution >= 4 is 22.6 Å². The van der Waals surface area contributed by atoms with Crippen LogP contribution in [0, 0.1) is 0 Å². The third kappa shape index (κ3) is 3.16. The average molecular weight is 378 g/mol. The van der Waals surface area contributed by atoms with Crippen LogP contribution in [0.2, 0.25) is 0 Å². The van der Waals surface area contributed by atoms with Crippen LogP contribution in [-0.2, 0) is 12.0 Å². The summed E-state index contributed by atoms with van der Waals surface area (Å²) in [6, 6.07) is 12.5. The summed E-state index contributed by atoms with van der Waals surface area (Å²) in [5.41, 5.74) is 8.14. The van der Waals surface area contributed by atoms with E-state index in [1.54, 1.807) is 31.4 Å². The second kappa shape index (κ2) is 6.80. The monoisotopic (exact) mass is 378 g/mol. The first kappa shape index (κ1) is 18.3. The van der Waals surface area contributed by atoms with Gasteiger partial charge in [-0.1, -0.05) is 19.1 Å². The Morgan fingerprint density at radius 1 is 1.21 bits per heavy atom. The van der Waals surface area contributed by atoms with Crippen molar-refractivity contribution in [1.29, 1.82) is 0 Å². The van der Waals surface area contributed by atoms with E-state index in [0.717, 1.165) is 24.0 Å². The van der Waals surface area contributed by atoms with Gasteiger partial charge in [0.05, 0.1) is 7.11 Å². The molecular formula is C22H22N2O4. The second-order valence-corrected chi connectivity index (χ2v) is 7.15. The van der Waals surface area contributed by atoms with E-state index in [-0.39, 0.29) is 11.1 Å². The SMILES string of the molecule is CCc1c(OC)ccc2cc(C(=O)Nc3ccc(C4(N)CC4)cc3)c(=O)oc12. The summed E-state index contributed by atoms with van der Waals surface area (Å²) >= 11 is 0. The van der Waals surface area contributed by atoms with Gasteiger partial charge in [0.1, 0.15) is 16.9 Å². The highest BCUT2D eigenvalue weighted by Gasteiger charge is 2.39. The predicted octanol–water partition coefficient (Wildman–Crippen LogP) is 3.56. The molecule has 0 unspecified atom stereocenters. The number of fused-ring (bicyclic) bond motifs is 1. The topological polar surface area (TPSA) is 94.6 Å². The minimum Gasteiger partial charge on any atom is -0.496 e. The fraction of sp³-hybridized carbons (Fsp3) is 0.273. The molecule has 1 aliphatic rings. The van der Waals surface area contributed by atoms with Crippen LogP contribution >= 0.6 is 0 Å². The van der Waals surface area contributed by atoms with E-state index < -0.39 is 11.5 Å². The lowest BCUT2D eigenvalue weighted by molar-refractivity contribution is 0.102. The minimum absolute atomic E-state index is 0.0405. The van der Waals surface area contributed by atoms with Gasteiger partial charge in [-0.25, -0.2) is 4.79 Å². The Kier molecular flexibility index (Phi) is 4.43. The summed E-state index contributed by atoms with van der Waals surface area (Å²) < 4.78 is 10.8. The number of rotatable bonds is 5. The molecule has 1 aliphatic carbocycles. The van der Waals surface area contributed by atoms with Gasteiger partial charge in [-0.2, -0.15) is 0 Å². The number of carbonyl (C=O) groups is 1. The van der Waals surface area contributed by atoms with E-state index in [1.165, 1.54) is 0 Å². The van der Waals surface area contributed by atoms with Crippen molar-refractivity contribution in [2.75, 3.05) is 12.4 Å². The van der Waals surface area contributed by atoms with Crippen molar-refractivity contribution in [2.24, 2.45) is 5.73 Å². The van der Waals surface area contributed by atoms with E-state index in [1.807, 2.05) is 25.1 Å². The molecule has 1 amide bonds. The number of amides is 1. The summed E-state index contributed by atoms with van der Waals surface area (Å²) in [5, 5.41) is 3.43. The standard InChI is InChI=1S/C22H22N2O4/c1-3-16-18(27-2)9-4-13-12-17(21(26)28-19(13)16)20(25)24-15-7-5-14(6-8-15)22(23)10-11-22/h4-9,12H,3,10-11,23H2,1-2H3,(H,24,25). The summed E-state index contributed by atoms with van der Waals surface area (Å²) in [5.74, 6) is 0.148. The van der Waals surface area contributed by atoms with Crippen molar-refractivity contribution in [3.05, 3.63) is 69.6 Å². The Hall–Kier alpha value is -3.12. The summed E-state index contributed by atoms with van der Waals surface area (Å²) in [6.45, 7) is 1.95. The van der Waals surface area contributed by atoms with Crippen molar-refractivity contribution < 1.29 is 13.9 Å². The lowest BCUT2D eigenvalue weighted by atomic mass is 10.1. The second-order valence-electron chi connectivity index (χ2n) is 7.15. The molecule has 3 N–H and O–H groups in total. The molecule has 144 valence electrons. The number of ether oxygens (including phenoxy) is 1. The highest BCUT2D eigenvalue weighted by atomic mass is 16.5. The Bertz CT molecular complexity index is 1110. The first-order valence-corrected chi connectivity index (χ1v) is 9.29. The van der Waals surface area contributed by atoms with E-state index in [4.69, 9.17) is 14.9 Å². The first-order chi connectivity index (χ1) is 13.4. The first-order valence-electron chi connectivity index (χ1n) is 9.29. The molecule has 3 aromatic rings. The molecule has 1 aromatic heterocycles. The summed E-state index contributed by atoms with van der Waals surface area (Å²) in [7, 11) is 1.57. The molecular weight excluding hydrogens is 356 g/mol. The number of aryl methyl sites for hydroxylation is 1. The normalized spacial score (nSPS) is 14.7. The van der Waals surface area contributed by atoms with Gasteiger partial charge in [0.15, 0.2) is 0 Å². The fourth-order valence-electron chi connectivity index (χ4n) is 3.42. The summed E-state index contributed by atoms with van der Waals surface area (Å²) in [6.07, 6.45) is 2.59. The minimum atomic E-state index is -0.677. The zero-order valence-corrected chi connectivity index (χ0v) is 15.9. The molecule has 6 heteroatoms. The smallest absolute Gasteiger partial charge is 0.349 e. The van der Waals surface area contributed by atoms with Crippen molar-refractivity contribution in [1.82, 2.24) is 0 Å². The van der Waals surface area contributed by atoms with E-state index in [9.17, 15) is 9.59 Å². The van der Waals surface area contributed by atoms with Crippen LogP contribution in [0.5, 0.6) is 5.75 Å². The number of anilines is 1. The number of nitrogens with two attached hydrogens (primary N) is 1. The Morgan fingerprint density at radius 2 is 1.93 bits per heavy atom. The number of methoxy groups -OCH3 is 1. The van der Waals surface area contributed by atoms with Crippen molar-refractivity contribution in [3.63, 3.8) is 0 Å². The Morgan fingerprint density at radius 3 is 2.54 bits per heavy atom. The van der Waals surface area contributed by atoms with Gasteiger partial charge >= 0.3 is 5.63 Å².